The summed E-state index contributed by atoms with van der Waals surface area (Å²) in [5.74, 6) is -0.196. The Kier molecular flexibility index (Phi) is 5.15. The number of hydrogen-bond acceptors (Lipinski definition) is 0. The van der Waals surface area contributed by atoms with Crippen molar-refractivity contribution in [3.05, 3.63) is 71.3 Å². The van der Waals surface area contributed by atoms with E-state index in [4.69, 9.17) is 0 Å². The first-order valence-corrected chi connectivity index (χ1v) is 7.64. The van der Waals surface area contributed by atoms with Crippen LogP contribution in [-0.2, 0) is 0 Å². The molecule has 0 spiro atoms. The van der Waals surface area contributed by atoms with Crippen molar-refractivity contribution >= 4 is 5.57 Å². The zero-order valence-corrected chi connectivity index (χ0v) is 13.4. The van der Waals surface area contributed by atoms with Crippen molar-refractivity contribution in [2.24, 2.45) is 5.92 Å². The van der Waals surface area contributed by atoms with Crippen LogP contribution < -0.4 is 0 Å². The predicted octanol–water partition coefficient (Wildman–Crippen LogP) is 6.14. The van der Waals surface area contributed by atoms with Gasteiger partial charge < -0.3 is 0 Å². The molecule has 2 unspecified atom stereocenters. The minimum atomic E-state index is -1.32. The fraction of sp³-hybridized carbons (Fsp3) is 0.350. The smallest absolute Gasteiger partial charge is 0.132 e. The quantitative estimate of drug-likeness (QED) is 0.586. The van der Waals surface area contributed by atoms with Crippen LogP contribution in [0.1, 0.15) is 44.2 Å². The highest BCUT2D eigenvalue weighted by Crippen LogP contribution is 2.37. The van der Waals surface area contributed by atoms with Crippen LogP contribution in [0.5, 0.6) is 0 Å². The average molecular weight is 300 g/mol. The Morgan fingerprint density at radius 2 is 2.05 bits per heavy atom. The van der Waals surface area contributed by atoms with Gasteiger partial charge in [-0.1, -0.05) is 57.2 Å². The number of rotatable bonds is 4. The molecule has 0 aromatic heterocycles. The largest absolute Gasteiger partial charge is 0.242 e. The van der Waals surface area contributed by atoms with E-state index in [-0.39, 0.29) is 17.9 Å². The highest BCUT2D eigenvalue weighted by Gasteiger charge is 2.27. The van der Waals surface area contributed by atoms with Crippen molar-refractivity contribution in [3.8, 4) is 0 Å². The van der Waals surface area contributed by atoms with Gasteiger partial charge in [-0.25, -0.2) is 8.78 Å². The summed E-state index contributed by atoms with van der Waals surface area (Å²) < 4.78 is 29.1. The van der Waals surface area contributed by atoms with Crippen LogP contribution in [0.25, 0.3) is 5.57 Å². The summed E-state index contributed by atoms with van der Waals surface area (Å²) in [7, 11) is 0. The van der Waals surface area contributed by atoms with Crippen molar-refractivity contribution in [1.82, 2.24) is 0 Å². The Balaban J connectivity index is 2.44. The van der Waals surface area contributed by atoms with E-state index in [1.165, 1.54) is 6.08 Å². The van der Waals surface area contributed by atoms with E-state index in [0.29, 0.717) is 11.5 Å². The van der Waals surface area contributed by atoms with E-state index in [1.807, 2.05) is 25.1 Å². The van der Waals surface area contributed by atoms with E-state index in [9.17, 15) is 8.78 Å². The fourth-order valence-electron chi connectivity index (χ4n) is 2.74. The molecule has 2 rings (SSSR count). The lowest BCUT2D eigenvalue weighted by Gasteiger charge is -2.23. The second kappa shape index (κ2) is 6.89. The van der Waals surface area contributed by atoms with Gasteiger partial charge in [0.2, 0.25) is 0 Å². The Labute approximate surface area is 131 Å². The summed E-state index contributed by atoms with van der Waals surface area (Å²) in [5.41, 5.74) is 5.31. The van der Waals surface area contributed by atoms with E-state index < -0.39 is 12.0 Å². The van der Waals surface area contributed by atoms with Crippen LogP contribution in [0, 0.1) is 5.92 Å². The molecule has 1 aromatic rings. The van der Waals surface area contributed by atoms with Gasteiger partial charge in [0.1, 0.15) is 12.0 Å². The molecule has 2 heteroatoms. The van der Waals surface area contributed by atoms with E-state index in [2.05, 4.69) is 26.2 Å². The Bertz CT molecular complexity index is 658. The van der Waals surface area contributed by atoms with Gasteiger partial charge in [0, 0.05) is 17.9 Å². The molecule has 0 bridgehead atoms. The SMILES string of the molecule is C=C=CC(C)C1=CC(F)=C(c2cccc(C(C)C)c2)C(F)C1. The lowest BCUT2D eigenvalue weighted by atomic mass is 9.85. The second-order valence-electron chi connectivity index (χ2n) is 6.09. The normalized spacial score (nSPS) is 19.7. The summed E-state index contributed by atoms with van der Waals surface area (Å²) in [4.78, 5) is 0. The summed E-state index contributed by atoms with van der Waals surface area (Å²) in [6, 6.07) is 7.51. The van der Waals surface area contributed by atoms with Crippen molar-refractivity contribution in [2.75, 3.05) is 0 Å². The molecule has 0 amide bonds. The van der Waals surface area contributed by atoms with Crippen LogP contribution in [0.4, 0.5) is 8.78 Å². The summed E-state index contributed by atoms with van der Waals surface area (Å²) in [6.07, 6.45) is 2.10. The topological polar surface area (TPSA) is 0 Å². The molecule has 116 valence electrons. The van der Waals surface area contributed by atoms with Gasteiger partial charge >= 0.3 is 0 Å². The molecule has 2 atom stereocenters. The molecule has 0 aliphatic heterocycles. The van der Waals surface area contributed by atoms with Crippen molar-refractivity contribution in [1.29, 1.82) is 0 Å². The molecule has 0 fully saturated rings. The molecule has 0 nitrogen and oxygen atoms in total. The Morgan fingerprint density at radius 3 is 2.64 bits per heavy atom. The monoisotopic (exact) mass is 300 g/mol. The third kappa shape index (κ3) is 3.45. The van der Waals surface area contributed by atoms with Crippen LogP contribution in [0.2, 0.25) is 0 Å². The van der Waals surface area contributed by atoms with E-state index in [1.54, 1.807) is 12.1 Å². The van der Waals surface area contributed by atoms with Crippen molar-refractivity contribution < 1.29 is 8.78 Å². The number of benzene rings is 1. The van der Waals surface area contributed by atoms with Gasteiger partial charge in [0.15, 0.2) is 0 Å². The average Bonchev–Trinajstić information content (AvgIpc) is 2.47. The molecular weight excluding hydrogens is 278 g/mol. The Hall–Kier alpha value is -1.92. The zero-order chi connectivity index (χ0) is 16.3. The maximum atomic E-state index is 14.6. The molecule has 0 radical (unpaired) electrons. The predicted molar refractivity (Wildman–Crippen MR) is 89.0 cm³/mol. The van der Waals surface area contributed by atoms with Gasteiger partial charge in [-0.15, -0.1) is 5.73 Å². The first-order valence-electron chi connectivity index (χ1n) is 7.64. The molecule has 0 saturated carbocycles. The number of halogens is 2. The molecule has 0 N–H and O–H groups in total. The maximum absolute atomic E-state index is 14.6. The van der Waals surface area contributed by atoms with Gasteiger partial charge in [0.25, 0.3) is 0 Å². The van der Waals surface area contributed by atoms with Crippen molar-refractivity contribution in [2.45, 2.75) is 39.3 Å². The highest BCUT2D eigenvalue weighted by molar-refractivity contribution is 5.74. The van der Waals surface area contributed by atoms with Gasteiger partial charge in [0.05, 0.1) is 0 Å². The van der Waals surface area contributed by atoms with Gasteiger partial charge in [-0.2, -0.15) is 0 Å². The van der Waals surface area contributed by atoms with Crippen molar-refractivity contribution in [3.63, 3.8) is 0 Å². The fourth-order valence-corrected chi connectivity index (χ4v) is 2.74. The zero-order valence-electron chi connectivity index (χ0n) is 13.4. The third-order valence-corrected chi connectivity index (χ3v) is 4.11. The Morgan fingerprint density at radius 1 is 1.32 bits per heavy atom. The third-order valence-electron chi connectivity index (χ3n) is 4.11. The lowest BCUT2D eigenvalue weighted by Crippen LogP contribution is -2.14. The van der Waals surface area contributed by atoms with Crippen LogP contribution >= 0.6 is 0 Å². The molecule has 1 aromatic carbocycles. The number of alkyl halides is 1. The minimum absolute atomic E-state index is 0.0509. The molecule has 1 aliphatic rings. The second-order valence-corrected chi connectivity index (χ2v) is 6.09. The number of hydrogen-bond donors (Lipinski definition) is 0. The summed E-state index contributed by atoms with van der Waals surface area (Å²) >= 11 is 0. The van der Waals surface area contributed by atoms with E-state index in [0.717, 1.165) is 11.1 Å². The van der Waals surface area contributed by atoms with Crippen LogP contribution in [0.15, 0.2) is 60.1 Å². The molecule has 22 heavy (non-hydrogen) atoms. The minimum Gasteiger partial charge on any atom is -0.242 e. The molecule has 0 saturated heterocycles. The lowest BCUT2D eigenvalue weighted by molar-refractivity contribution is 0.391. The number of allylic oxidation sites excluding steroid dienone is 5. The van der Waals surface area contributed by atoms with Crippen LogP contribution in [-0.4, -0.2) is 6.17 Å². The molecular formula is C20H22F2. The first-order chi connectivity index (χ1) is 10.4. The molecule has 1 aliphatic carbocycles. The standard InChI is InChI=1S/C20H22F2/c1-5-7-14(4)17-11-18(21)20(19(22)12-17)16-9-6-8-15(10-16)13(2)3/h6-11,13-14,19H,1,12H2,2-4H3. The van der Waals surface area contributed by atoms with E-state index >= 15 is 0 Å². The highest BCUT2D eigenvalue weighted by atomic mass is 19.1. The van der Waals surface area contributed by atoms with Crippen LogP contribution in [0.3, 0.4) is 0 Å². The van der Waals surface area contributed by atoms with Gasteiger partial charge in [-0.05, 0) is 29.2 Å². The molecule has 0 heterocycles. The first kappa shape index (κ1) is 16.5. The summed E-state index contributed by atoms with van der Waals surface area (Å²) in [5, 5.41) is 0. The summed E-state index contributed by atoms with van der Waals surface area (Å²) in [6.45, 7) is 9.55. The van der Waals surface area contributed by atoms with Gasteiger partial charge in [-0.3, -0.25) is 0 Å². The maximum Gasteiger partial charge on any atom is 0.132 e.